The van der Waals surface area contributed by atoms with E-state index in [1.54, 1.807) is 7.11 Å². The molecule has 0 fully saturated rings. The van der Waals surface area contributed by atoms with Crippen LogP contribution in [0.5, 0.6) is 5.75 Å². The van der Waals surface area contributed by atoms with E-state index in [-0.39, 0.29) is 0 Å². The molecule has 0 aliphatic rings. The number of methoxy groups -OCH3 is 1. The van der Waals surface area contributed by atoms with E-state index in [2.05, 4.69) is 59.9 Å². The maximum Gasteiger partial charge on any atom is 0.118 e. The van der Waals surface area contributed by atoms with Crippen LogP contribution < -0.4 is 10.1 Å². The van der Waals surface area contributed by atoms with Crippen LogP contribution in [-0.4, -0.2) is 13.7 Å². The molecule has 2 heteroatoms. The molecule has 0 amide bonds. The molecule has 2 nitrogen and oxygen atoms in total. The lowest BCUT2D eigenvalue weighted by atomic mass is 10.0. The molecule has 2 N–H and O–H groups in total. The zero-order valence-electron chi connectivity index (χ0n) is 13.0. The Morgan fingerprint density at radius 1 is 0.864 bits per heavy atom. The molecule has 0 atom stereocenters. The van der Waals surface area contributed by atoms with Crippen LogP contribution in [0.4, 0.5) is 0 Å². The third kappa shape index (κ3) is 3.46. The van der Waals surface area contributed by atoms with Gasteiger partial charge < -0.3 is 10.1 Å². The summed E-state index contributed by atoms with van der Waals surface area (Å²) in [7, 11) is 1.70. The summed E-state index contributed by atoms with van der Waals surface area (Å²) >= 11 is 0. The first-order chi connectivity index (χ1) is 10.9. The van der Waals surface area contributed by atoms with Crippen molar-refractivity contribution >= 4 is 10.8 Å². The van der Waals surface area contributed by atoms with Crippen LogP contribution in [0.25, 0.3) is 10.8 Å². The highest BCUT2D eigenvalue weighted by molar-refractivity contribution is 5.85. The van der Waals surface area contributed by atoms with Crippen molar-refractivity contribution in [2.24, 2.45) is 0 Å². The van der Waals surface area contributed by atoms with Crippen molar-refractivity contribution in [3.8, 4) is 5.75 Å². The van der Waals surface area contributed by atoms with Gasteiger partial charge in [-0.2, -0.15) is 0 Å². The molecular weight excluding hydrogens is 270 g/mol. The molecule has 3 rings (SSSR count). The number of hydrogen-bond donors (Lipinski definition) is 1. The van der Waals surface area contributed by atoms with Gasteiger partial charge >= 0.3 is 0 Å². The van der Waals surface area contributed by atoms with Crippen molar-refractivity contribution in [1.82, 2.24) is 0 Å². The average Bonchev–Trinajstić information content (AvgIpc) is 2.59. The van der Waals surface area contributed by atoms with Crippen molar-refractivity contribution in [3.63, 3.8) is 0 Å². The molecule has 22 heavy (non-hydrogen) atoms. The second-order valence-electron chi connectivity index (χ2n) is 5.52. The maximum atomic E-state index is 5.19. The number of benzene rings is 3. The molecule has 0 unspecified atom stereocenters. The summed E-state index contributed by atoms with van der Waals surface area (Å²) in [5.74, 6) is 0.920. The van der Waals surface area contributed by atoms with Crippen LogP contribution >= 0.6 is 0 Å². The number of fused-ring (bicyclic) bond motifs is 1. The highest BCUT2D eigenvalue weighted by Crippen LogP contribution is 2.17. The van der Waals surface area contributed by atoms with Gasteiger partial charge in [0.15, 0.2) is 0 Å². The molecule has 0 saturated carbocycles. The van der Waals surface area contributed by atoms with Crippen LogP contribution in [0.3, 0.4) is 0 Å². The number of nitrogens with two attached hydrogens (primary N) is 1. The Morgan fingerprint density at radius 2 is 1.64 bits per heavy atom. The second kappa shape index (κ2) is 7.10. The van der Waals surface area contributed by atoms with Gasteiger partial charge in [-0.25, -0.2) is 0 Å². The van der Waals surface area contributed by atoms with Gasteiger partial charge in [0.2, 0.25) is 0 Å². The summed E-state index contributed by atoms with van der Waals surface area (Å²) in [5, 5.41) is 5.07. The van der Waals surface area contributed by atoms with E-state index in [9.17, 15) is 0 Å². The standard InChI is InChI=1S/C20H21NO/c1-22-19-11-9-16(10-12-19)13-14-21-15-18-7-4-6-17-5-2-3-8-20(17)18/h2-12,21H,13-15H2,1H3/p+1. The molecule has 112 valence electrons. The lowest BCUT2D eigenvalue weighted by molar-refractivity contribution is -0.669. The summed E-state index contributed by atoms with van der Waals surface area (Å²) in [6.45, 7) is 2.12. The van der Waals surface area contributed by atoms with Gasteiger partial charge in [-0.05, 0) is 28.5 Å². The summed E-state index contributed by atoms with van der Waals surface area (Å²) in [5.41, 5.74) is 2.77. The normalized spacial score (nSPS) is 10.8. The first kappa shape index (κ1) is 14.6. The fourth-order valence-electron chi connectivity index (χ4n) is 2.79. The monoisotopic (exact) mass is 292 g/mol. The van der Waals surface area contributed by atoms with Crippen molar-refractivity contribution in [1.29, 1.82) is 0 Å². The van der Waals surface area contributed by atoms with Gasteiger partial charge in [-0.3, -0.25) is 0 Å². The molecule has 0 bridgehead atoms. The lowest BCUT2D eigenvalue weighted by Crippen LogP contribution is -2.83. The minimum Gasteiger partial charge on any atom is -0.497 e. The fourth-order valence-corrected chi connectivity index (χ4v) is 2.79. The Balaban J connectivity index is 1.56. The van der Waals surface area contributed by atoms with Crippen LogP contribution in [-0.2, 0) is 13.0 Å². The predicted octanol–water partition coefficient (Wildman–Crippen LogP) is 3.15. The molecule has 0 aromatic heterocycles. The number of rotatable bonds is 6. The van der Waals surface area contributed by atoms with Gasteiger partial charge in [0.25, 0.3) is 0 Å². The summed E-state index contributed by atoms with van der Waals surface area (Å²) in [6.07, 6.45) is 1.08. The molecule has 0 aliphatic carbocycles. The van der Waals surface area contributed by atoms with E-state index < -0.39 is 0 Å². The third-order valence-corrected chi connectivity index (χ3v) is 4.04. The van der Waals surface area contributed by atoms with Gasteiger partial charge in [-0.1, -0.05) is 54.6 Å². The summed E-state index contributed by atoms with van der Waals surface area (Å²) < 4.78 is 5.19. The minimum atomic E-state index is 0.920. The molecule has 0 radical (unpaired) electrons. The molecule has 0 heterocycles. The molecule has 0 aliphatic heterocycles. The van der Waals surface area contributed by atoms with Crippen molar-refractivity contribution < 1.29 is 10.1 Å². The van der Waals surface area contributed by atoms with Gasteiger partial charge in [0.1, 0.15) is 12.3 Å². The quantitative estimate of drug-likeness (QED) is 0.694. The Kier molecular flexibility index (Phi) is 4.71. The maximum absolute atomic E-state index is 5.19. The van der Waals surface area contributed by atoms with E-state index in [1.165, 1.54) is 21.9 Å². The van der Waals surface area contributed by atoms with Crippen molar-refractivity contribution in [2.45, 2.75) is 13.0 Å². The summed E-state index contributed by atoms with van der Waals surface area (Å²) in [6, 6.07) is 23.5. The summed E-state index contributed by atoms with van der Waals surface area (Å²) in [4.78, 5) is 0. The zero-order chi connectivity index (χ0) is 15.2. The fraction of sp³-hybridized carbons (Fsp3) is 0.200. The molecule has 0 spiro atoms. The first-order valence-electron chi connectivity index (χ1n) is 7.78. The zero-order valence-corrected chi connectivity index (χ0v) is 13.0. The van der Waals surface area contributed by atoms with Crippen molar-refractivity contribution in [2.75, 3.05) is 13.7 Å². The second-order valence-corrected chi connectivity index (χ2v) is 5.52. The highest BCUT2D eigenvalue weighted by atomic mass is 16.5. The van der Waals surface area contributed by atoms with Crippen LogP contribution in [0.2, 0.25) is 0 Å². The SMILES string of the molecule is COc1ccc(CC[NH2+]Cc2cccc3ccccc23)cc1. The Bertz CT molecular complexity index is 729. The van der Waals surface area contributed by atoms with Crippen molar-refractivity contribution in [3.05, 3.63) is 77.9 Å². The average molecular weight is 292 g/mol. The molecular formula is C20H22NO+. The number of quaternary nitrogens is 1. The Labute approximate surface area is 131 Å². The topological polar surface area (TPSA) is 25.8 Å². The van der Waals surface area contributed by atoms with Gasteiger partial charge in [-0.15, -0.1) is 0 Å². The Hall–Kier alpha value is -2.32. The third-order valence-electron chi connectivity index (χ3n) is 4.04. The van der Waals surface area contributed by atoms with E-state index in [4.69, 9.17) is 4.74 Å². The van der Waals surface area contributed by atoms with E-state index in [0.29, 0.717) is 0 Å². The number of ether oxygens (including phenoxy) is 1. The highest BCUT2D eigenvalue weighted by Gasteiger charge is 2.02. The minimum absolute atomic E-state index is 0.920. The Morgan fingerprint density at radius 3 is 2.45 bits per heavy atom. The predicted molar refractivity (Wildman–Crippen MR) is 91.1 cm³/mol. The lowest BCUT2D eigenvalue weighted by Gasteiger charge is -2.06. The molecule has 0 saturated heterocycles. The largest absolute Gasteiger partial charge is 0.497 e. The van der Waals surface area contributed by atoms with Crippen LogP contribution in [0.1, 0.15) is 11.1 Å². The first-order valence-corrected chi connectivity index (χ1v) is 7.78. The van der Waals surface area contributed by atoms with Crippen LogP contribution in [0.15, 0.2) is 66.7 Å². The van der Waals surface area contributed by atoms with E-state index in [0.717, 1.165) is 25.3 Å². The van der Waals surface area contributed by atoms with Gasteiger partial charge in [0.05, 0.1) is 13.7 Å². The smallest absolute Gasteiger partial charge is 0.118 e. The molecule has 3 aromatic carbocycles. The van der Waals surface area contributed by atoms with E-state index in [1.807, 2.05) is 12.1 Å². The van der Waals surface area contributed by atoms with Crippen LogP contribution in [0, 0.1) is 0 Å². The number of hydrogen-bond acceptors (Lipinski definition) is 1. The molecule has 3 aromatic rings. The van der Waals surface area contributed by atoms with Gasteiger partial charge in [0, 0.05) is 12.0 Å². The van der Waals surface area contributed by atoms with E-state index >= 15 is 0 Å².